The third-order valence-corrected chi connectivity index (χ3v) is 6.36. The molecule has 1 saturated heterocycles. The molecular formula is C19H35NO. The quantitative estimate of drug-likeness (QED) is 0.709. The van der Waals surface area contributed by atoms with Crippen LogP contribution >= 0.6 is 0 Å². The summed E-state index contributed by atoms with van der Waals surface area (Å²) < 4.78 is 6.62. The summed E-state index contributed by atoms with van der Waals surface area (Å²) in [4.78, 5) is 0. The standard InChI is InChI=1S/C19H35NO/c1-2-14-20-16-18(9-4-3-5-10-18)15-17-8-13-19(21-17)11-6-7-12-19/h17,20H,2-16H2,1H3. The van der Waals surface area contributed by atoms with Gasteiger partial charge in [-0.2, -0.15) is 0 Å². The van der Waals surface area contributed by atoms with E-state index in [4.69, 9.17) is 4.74 Å². The number of hydrogen-bond acceptors (Lipinski definition) is 2. The molecule has 0 radical (unpaired) electrons. The van der Waals surface area contributed by atoms with Crippen molar-refractivity contribution in [1.29, 1.82) is 0 Å². The number of nitrogens with one attached hydrogen (secondary N) is 1. The van der Waals surface area contributed by atoms with Crippen molar-refractivity contribution in [3.8, 4) is 0 Å². The van der Waals surface area contributed by atoms with Gasteiger partial charge in [0.2, 0.25) is 0 Å². The molecule has 0 aromatic rings. The van der Waals surface area contributed by atoms with E-state index in [1.165, 1.54) is 96.6 Å². The van der Waals surface area contributed by atoms with Crippen LogP contribution in [-0.2, 0) is 4.74 Å². The highest BCUT2D eigenvalue weighted by Gasteiger charge is 2.45. The molecule has 2 nitrogen and oxygen atoms in total. The van der Waals surface area contributed by atoms with E-state index >= 15 is 0 Å². The molecule has 0 bridgehead atoms. The molecule has 1 heterocycles. The molecule has 0 aromatic heterocycles. The third kappa shape index (κ3) is 3.82. The molecule has 1 atom stereocenters. The summed E-state index contributed by atoms with van der Waals surface area (Å²) in [7, 11) is 0. The van der Waals surface area contributed by atoms with Gasteiger partial charge in [-0.25, -0.2) is 0 Å². The van der Waals surface area contributed by atoms with Crippen LogP contribution in [0.5, 0.6) is 0 Å². The van der Waals surface area contributed by atoms with Crippen molar-refractivity contribution >= 4 is 0 Å². The van der Waals surface area contributed by atoms with E-state index in [2.05, 4.69) is 12.2 Å². The van der Waals surface area contributed by atoms with Crippen LogP contribution in [0.4, 0.5) is 0 Å². The summed E-state index contributed by atoms with van der Waals surface area (Å²) in [5.74, 6) is 0. The van der Waals surface area contributed by atoms with Gasteiger partial charge in [0.1, 0.15) is 0 Å². The zero-order valence-corrected chi connectivity index (χ0v) is 14.1. The third-order valence-electron chi connectivity index (χ3n) is 6.36. The fraction of sp³-hybridized carbons (Fsp3) is 1.00. The van der Waals surface area contributed by atoms with Gasteiger partial charge in [0.05, 0.1) is 11.7 Å². The Morgan fingerprint density at radius 1 is 0.952 bits per heavy atom. The van der Waals surface area contributed by atoms with Crippen LogP contribution in [-0.4, -0.2) is 24.8 Å². The Kier molecular flexibility index (Phi) is 5.27. The minimum atomic E-state index is 0.317. The summed E-state index contributed by atoms with van der Waals surface area (Å²) in [6, 6.07) is 0. The van der Waals surface area contributed by atoms with E-state index in [-0.39, 0.29) is 0 Å². The largest absolute Gasteiger partial charge is 0.372 e. The van der Waals surface area contributed by atoms with E-state index in [1.807, 2.05) is 0 Å². The lowest BCUT2D eigenvalue weighted by atomic mass is 9.70. The van der Waals surface area contributed by atoms with Crippen LogP contribution in [0.25, 0.3) is 0 Å². The second-order valence-corrected chi connectivity index (χ2v) is 8.11. The first kappa shape index (κ1) is 15.8. The molecule has 2 heteroatoms. The van der Waals surface area contributed by atoms with Crippen LogP contribution in [0.2, 0.25) is 0 Å². The maximum atomic E-state index is 6.62. The molecule has 1 spiro atoms. The summed E-state index contributed by atoms with van der Waals surface area (Å²) in [6.45, 7) is 4.68. The van der Waals surface area contributed by atoms with Crippen molar-refractivity contribution in [3.05, 3.63) is 0 Å². The minimum Gasteiger partial charge on any atom is -0.372 e. The van der Waals surface area contributed by atoms with Crippen LogP contribution in [0.3, 0.4) is 0 Å². The molecule has 2 aliphatic carbocycles. The van der Waals surface area contributed by atoms with Gasteiger partial charge in [-0.3, -0.25) is 0 Å². The topological polar surface area (TPSA) is 21.3 Å². The zero-order chi connectivity index (χ0) is 14.6. The van der Waals surface area contributed by atoms with Gasteiger partial charge < -0.3 is 10.1 Å². The van der Waals surface area contributed by atoms with Crippen LogP contribution < -0.4 is 5.32 Å². The van der Waals surface area contributed by atoms with Crippen molar-refractivity contribution in [2.75, 3.05) is 13.1 Å². The molecule has 3 rings (SSSR count). The molecule has 122 valence electrons. The smallest absolute Gasteiger partial charge is 0.0687 e. The monoisotopic (exact) mass is 293 g/mol. The lowest BCUT2D eigenvalue weighted by Crippen LogP contribution is -2.39. The second kappa shape index (κ2) is 7.00. The first-order chi connectivity index (χ1) is 10.3. The van der Waals surface area contributed by atoms with Crippen LogP contribution in [0.1, 0.15) is 90.4 Å². The molecule has 1 N–H and O–H groups in total. The fourth-order valence-electron chi connectivity index (χ4n) is 5.19. The van der Waals surface area contributed by atoms with Crippen molar-refractivity contribution in [2.45, 2.75) is 102 Å². The molecule has 21 heavy (non-hydrogen) atoms. The molecule has 1 unspecified atom stereocenters. The van der Waals surface area contributed by atoms with Gasteiger partial charge >= 0.3 is 0 Å². The van der Waals surface area contributed by atoms with E-state index < -0.39 is 0 Å². The van der Waals surface area contributed by atoms with Gasteiger partial charge in [-0.15, -0.1) is 0 Å². The van der Waals surface area contributed by atoms with E-state index in [0.29, 0.717) is 17.1 Å². The first-order valence-corrected chi connectivity index (χ1v) is 9.65. The highest BCUT2D eigenvalue weighted by Crippen LogP contribution is 2.48. The number of hydrogen-bond donors (Lipinski definition) is 1. The lowest BCUT2D eigenvalue weighted by molar-refractivity contribution is -0.0576. The highest BCUT2D eigenvalue weighted by molar-refractivity contribution is 4.96. The Balaban J connectivity index is 1.56. The lowest BCUT2D eigenvalue weighted by Gasteiger charge is -2.40. The fourth-order valence-corrected chi connectivity index (χ4v) is 5.19. The maximum absolute atomic E-state index is 6.62. The molecule has 0 aromatic carbocycles. The molecule has 3 fully saturated rings. The predicted molar refractivity (Wildman–Crippen MR) is 88.6 cm³/mol. The maximum Gasteiger partial charge on any atom is 0.0687 e. The molecule has 0 amide bonds. The first-order valence-electron chi connectivity index (χ1n) is 9.65. The van der Waals surface area contributed by atoms with Gasteiger partial charge in [-0.05, 0) is 63.3 Å². The van der Waals surface area contributed by atoms with Gasteiger partial charge in [0.15, 0.2) is 0 Å². The molecule has 1 aliphatic heterocycles. The van der Waals surface area contributed by atoms with Crippen LogP contribution in [0, 0.1) is 5.41 Å². The Morgan fingerprint density at radius 3 is 2.38 bits per heavy atom. The number of rotatable bonds is 6. The highest BCUT2D eigenvalue weighted by atomic mass is 16.5. The second-order valence-electron chi connectivity index (χ2n) is 8.11. The Morgan fingerprint density at radius 2 is 1.67 bits per heavy atom. The van der Waals surface area contributed by atoms with E-state index in [1.54, 1.807) is 0 Å². The Bertz CT molecular complexity index is 316. The predicted octanol–water partition coefficient (Wildman–Crippen LogP) is 4.82. The Hall–Kier alpha value is -0.0800. The Labute approximate surface area is 131 Å². The molecular weight excluding hydrogens is 258 g/mol. The minimum absolute atomic E-state index is 0.317. The number of ether oxygens (including phenoxy) is 1. The van der Waals surface area contributed by atoms with Crippen molar-refractivity contribution in [3.63, 3.8) is 0 Å². The molecule has 3 aliphatic rings. The van der Waals surface area contributed by atoms with Crippen LogP contribution in [0.15, 0.2) is 0 Å². The van der Waals surface area contributed by atoms with E-state index in [0.717, 1.165) is 0 Å². The normalized spacial score (nSPS) is 31.0. The SMILES string of the molecule is CCCNCC1(CC2CCC3(CCCC3)O2)CCCCC1. The van der Waals surface area contributed by atoms with Crippen molar-refractivity contribution < 1.29 is 4.74 Å². The summed E-state index contributed by atoms with van der Waals surface area (Å²) in [5, 5.41) is 3.73. The summed E-state index contributed by atoms with van der Waals surface area (Å²) in [5.41, 5.74) is 0.861. The van der Waals surface area contributed by atoms with Crippen molar-refractivity contribution in [2.24, 2.45) is 5.41 Å². The van der Waals surface area contributed by atoms with E-state index in [9.17, 15) is 0 Å². The molecule has 2 saturated carbocycles. The van der Waals surface area contributed by atoms with Crippen molar-refractivity contribution in [1.82, 2.24) is 5.32 Å². The summed E-state index contributed by atoms with van der Waals surface area (Å²) >= 11 is 0. The zero-order valence-electron chi connectivity index (χ0n) is 14.1. The average Bonchev–Trinajstić information content (AvgIpc) is 3.11. The summed E-state index contributed by atoms with van der Waals surface area (Å²) in [6.07, 6.45) is 18.5. The van der Waals surface area contributed by atoms with Gasteiger partial charge in [-0.1, -0.05) is 39.0 Å². The van der Waals surface area contributed by atoms with Gasteiger partial charge in [0, 0.05) is 6.54 Å². The van der Waals surface area contributed by atoms with Gasteiger partial charge in [0.25, 0.3) is 0 Å². The average molecular weight is 293 g/mol.